The van der Waals surface area contributed by atoms with Crippen molar-refractivity contribution in [3.05, 3.63) is 0 Å². The molecule has 16 heavy (non-hydrogen) atoms. The van der Waals surface area contributed by atoms with E-state index in [4.69, 9.17) is 19.4 Å². The first kappa shape index (κ1) is 16.1. The summed E-state index contributed by atoms with van der Waals surface area (Å²) in [5, 5.41) is 17.8. The van der Waals surface area contributed by atoms with E-state index >= 15 is 0 Å². The molecule has 0 aliphatic rings. The Morgan fingerprint density at radius 1 is 1.19 bits per heavy atom. The first-order valence-electron chi connectivity index (χ1n) is 5.71. The highest BCUT2D eigenvalue weighted by Crippen LogP contribution is 2.36. The molecule has 0 aliphatic heterocycles. The van der Waals surface area contributed by atoms with Crippen LogP contribution in [0.25, 0.3) is 0 Å². The molecule has 0 saturated carbocycles. The maximum absolute atomic E-state index is 9.04. The molecular weight excluding hydrogens is 224 g/mol. The average molecular weight is 250 g/mol. The summed E-state index contributed by atoms with van der Waals surface area (Å²) < 4.78 is 11.1. The molecule has 0 aromatic rings. The molecule has 5 heteroatoms. The van der Waals surface area contributed by atoms with Crippen molar-refractivity contribution in [3.63, 3.8) is 0 Å². The molecule has 2 N–H and O–H groups in total. The predicted molar refractivity (Wildman–Crippen MR) is 67.1 cm³/mol. The number of hydrogen-bond donors (Lipinski definition) is 2. The Balaban J connectivity index is 3.67. The van der Waals surface area contributed by atoms with E-state index in [2.05, 4.69) is 33.9 Å². The Bertz CT molecular complexity index is 189. The quantitative estimate of drug-likeness (QED) is 0.529. The van der Waals surface area contributed by atoms with Gasteiger partial charge in [-0.15, -0.1) is 0 Å². The van der Waals surface area contributed by atoms with E-state index in [9.17, 15) is 0 Å². The summed E-state index contributed by atoms with van der Waals surface area (Å²) in [6.07, 6.45) is -0.784. The van der Waals surface area contributed by atoms with Crippen molar-refractivity contribution in [1.29, 1.82) is 0 Å². The molecule has 98 valence electrons. The highest BCUT2D eigenvalue weighted by Gasteiger charge is 2.36. The summed E-state index contributed by atoms with van der Waals surface area (Å²) >= 11 is 0. The molecule has 0 aliphatic carbocycles. The maximum Gasteiger partial charge on any atom is 0.192 e. The van der Waals surface area contributed by atoms with Crippen molar-refractivity contribution in [2.75, 3.05) is 26.4 Å². The largest absolute Gasteiger partial charge is 0.414 e. The van der Waals surface area contributed by atoms with Crippen LogP contribution >= 0.6 is 0 Å². The zero-order valence-corrected chi connectivity index (χ0v) is 12.1. The Morgan fingerprint density at radius 2 is 1.75 bits per heavy atom. The van der Waals surface area contributed by atoms with Gasteiger partial charge in [-0.05, 0) is 18.1 Å². The van der Waals surface area contributed by atoms with Crippen LogP contribution in [0, 0.1) is 0 Å². The van der Waals surface area contributed by atoms with Crippen molar-refractivity contribution in [1.82, 2.24) is 0 Å². The fourth-order valence-electron chi connectivity index (χ4n) is 0.844. The molecule has 0 spiro atoms. The van der Waals surface area contributed by atoms with Crippen LogP contribution in [0.15, 0.2) is 0 Å². The third kappa shape index (κ3) is 5.96. The van der Waals surface area contributed by atoms with Gasteiger partial charge >= 0.3 is 0 Å². The van der Waals surface area contributed by atoms with Crippen LogP contribution < -0.4 is 0 Å². The Labute approximate surface area is 99.7 Å². The summed E-state index contributed by atoms with van der Waals surface area (Å²) in [6, 6.07) is 0. The second kappa shape index (κ2) is 6.71. The van der Waals surface area contributed by atoms with Gasteiger partial charge in [-0.3, -0.25) is 0 Å². The van der Waals surface area contributed by atoms with E-state index in [0.29, 0.717) is 13.2 Å². The van der Waals surface area contributed by atoms with Gasteiger partial charge in [0.2, 0.25) is 0 Å². The van der Waals surface area contributed by atoms with Crippen LogP contribution in [-0.4, -0.2) is 51.1 Å². The smallest absolute Gasteiger partial charge is 0.192 e. The van der Waals surface area contributed by atoms with E-state index in [1.807, 2.05) is 0 Å². The van der Waals surface area contributed by atoms with Gasteiger partial charge in [0.05, 0.1) is 26.4 Å². The molecular formula is C11H26O4Si. The first-order valence-corrected chi connectivity index (χ1v) is 8.62. The lowest BCUT2D eigenvalue weighted by atomic mass is 10.2. The van der Waals surface area contributed by atoms with Gasteiger partial charge in [-0.25, -0.2) is 0 Å². The van der Waals surface area contributed by atoms with Gasteiger partial charge in [-0.2, -0.15) is 0 Å². The number of ether oxygens (including phenoxy) is 1. The fourth-order valence-corrected chi connectivity index (χ4v) is 1.87. The lowest BCUT2D eigenvalue weighted by Gasteiger charge is -2.36. The lowest BCUT2D eigenvalue weighted by Crippen LogP contribution is -2.41. The molecule has 1 atom stereocenters. The Hall–Kier alpha value is 0.0569. The summed E-state index contributed by atoms with van der Waals surface area (Å²) in [4.78, 5) is 0. The van der Waals surface area contributed by atoms with Crippen LogP contribution in [0.1, 0.15) is 20.8 Å². The number of hydrogen-bond acceptors (Lipinski definition) is 4. The lowest BCUT2D eigenvalue weighted by molar-refractivity contribution is -0.00247. The van der Waals surface area contributed by atoms with Gasteiger partial charge in [0.15, 0.2) is 8.32 Å². The van der Waals surface area contributed by atoms with Crippen LogP contribution in [-0.2, 0) is 9.16 Å². The summed E-state index contributed by atoms with van der Waals surface area (Å²) in [7, 11) is -1.68. The highest BCUT2D eigenvalue weighted by molar-refractivity contribution is 6.74. The molecule has 0 fully saturated rings. The molecule has 0 saturated heterocycles. The molecule has 0 heterocycles. The van der Waals surface area contributed by atoms with E-state index in [1.54, 1.807) is 0 Å². The number of rotatable bonds is 7. The zero-order chi connectivity index (χ0) is 12.8. The van der Waals surface area contributed by atoms with Gasteiger partial charge in [0, 0.05) is 0 Å². The third-order valence-corrected chi connectivity index (χ3v) is 7.56. The fraction of sp³-hybridized carbons (Fsp3) is 1.00. The topological polar surface area (TPSA) is 58.9 Å². The van der Waals surface area contributed by atoms with Crippen LogP contribution in [0.3, 0.4) is 0 Å². The average Bonchev–Trinajstić information content (AvgIpc) is 2.15. The van der Waals surface area contributed by atoms with Crippen LogP contribution in [0.2, 0.25) is 18.1 Å². The van der Waals surface area contributed by atoms with Crippen molar-refractivity contribution in [3.8, 4) is 0 Å². The first-order chi connectivity index (χ1) is 7.20. The van der Waals surface area contributed by atoms with E-state index < -0.39 is 14.4 Å². The molecule has 0 amide bonds. The van der Waals surface area contributed by atoms with Crippen molar-refractivity contribution >= 4 is 8.32 Å². The second-order valence-corrected chi connectivity index (χ2v) is 10.3. The van der Waals surface area contributed by atoms with Crippen molar-refractivity contribution in [2.45, 2.75) is 45.0 Å². The highest BCUT2D eigenvalue weighted by atomic mass is 28.4. The zero-order valence-electron chi connectivity index (χ0n) is 11.1. The molecule has 4 nitrogen and oxygen atoms in total. The van der Waals surface area contributed by atoms with E-state index in [0.717, 1.165) is 0 Å². The number of aliphatic hydroxyl groups is 2. The minimum atomic E-state index is -1.68. The molecule has 0 radical (unpaired) electrons. The standard InChI is InChI=1S/C11H26O4Si/c1-11(2,3)16(4,5)15-7-6-14-9-10(13)8-12/h10,12-13H,6-9H2,1-5H3/t10-/m0/s1. The van der Waals surface area contributed by atoms with Gasteiger partial charge in [0.25, 0.3) is 0 Å². The monoisotopic (exact) mass is 250 g/mol. The van der Waals surface area contributed by atoms with Crippen LogP contribution in [0.5, 0.6) is 0 Å². The molecule has 0 rings (SSSR count). The normalized spacial score (nSPS) is 15.2. The SMILES string of the molecule is CC(C)(C)[Si](C)(C)OCCOC[C@@H](O)CO. The van der Waals surface area contributed by atoms with Crippen molar-refractivity contribution in [2.24, 2.45) is 0 Å². The predicted octanol–water partition coefficient (Wildman–Crippen LogP) is 1.38. The Kier molecular flexibility index (Phi) is 6.73. The summed E-state index contributed by atoms with van der Waals surface area (Å²) in [6.45, 7) is 11.9. The van der Waals surface area contributed by atoms with Gasteiger partial charge in [0.1, 0.15) is 6.10 Å². The Morgan fingerprint density at radius 3 is 2.19 bits per heavy atom. The summed E-state index contributed by atoms with van der Waals surface area (Å²) in [5.41, 5.74) is 0. The van der Waals surface area contributed by atoms with E-state index in [1.165, 1.54) is 0 Å². The number of aliphatic hydroxyl groups excluding tert-OH is 2. The molecule has 0 aromatic carbocycles. The molecule has 0 bridgehead atoms. The third-order valence-electron chi connectivity index (χ3n) is 3.02. The molecule has 0 aromatic heterocycles. The van der Waals surface area contributed by atoms with Crippen molar-refractivity contribution < 1.29 is 19.4 Å². The minimum absolute atomic E-state index is 0.164. The molecule has 0 unspecified atom stereocenters. The second-order valence-electron chi connectivity index (χ2n) is 5.52. The van der Waals surface area contributed by atoms with Crippen LogP contribution in [0.4, 0.5) is 0 Å². The van der Waals surface area contributed by atoms with Gasteiger partial charge in [-0.1, -0.05) is 20.8 Å². The van der Waals surface area contributed by atoms with Gasteiger partial charge < -0.3 is 19.4 Å². The summed E-state index contributed by atoms with van der Waals surface area (Å²) in [5.74, 6) is 0. The maximum atomic E-state index is 9.04. The van der Waals surface area contributed by atoms with E-state index in [-0.39, 0.29) is 18.3 Å². The minimum Gasteiger partial charge on any atom is -0.414 e.